The van der Waals surface area contributed by atoms with E-state index in [1.54, 1.807) is 11.3 Å². The number of ether oxygens (including phenoxy) is 1. The first-order valence-corrected chi connectivity index (χ1v) is 18.2. The number of aromatic nitrogens is 6. The molecule has 4 N–H and O–H groups in total. The maximum absolute atomic E-state index is 7.40. The molecule has 244 valence electrons. The number of nitrogens with zero attached hydrogens (tertiary/aromatic N) is 4. The van der Waals surface area contributed by atoms with Crippen molar-refractivity contribution in [1.29, 1.82) is 0 Å². The predicted octanol–water partition coefficient (Wildman–Crippen LogP) is 8.65. The molecule has 4 aromatic heterocycles. The van der Waals surface area contributed by atoms with Crippen LogP contribution in [0.15, 0.2) is 84.5 Å². The first kappa shape index (κ1) is 29.2. The third-order valence-electron chi connectivity index (χ3n) is 10.0. The van der Waals surface area contributed by atoms with Crippen LogP contribution in [0.4, 0.5) is 0 Å². The van der Waals surface area contributed by atoms with E-state index >= 15 is 0 Å². The fourth-order valence-corrected chi connectivity index (χ4v) is 8.73. The van der Waals surface area contributed by atoms with Crippen LogP contribution in [0.2, 0.25) is 5.02 Å². The zero-order valence-corrected chi connectivity index (χ0v) is 28.1. The van der Waals surface area contributed by atoms with Crippen LogP contribution in [-0.2, 0) is 0 Å². The molecular weight excluding hydrogens is 652 g/mol. The van der Waals surface area contributed by atoms with Gasteiger partial charge in [-0.3, -0.25) is 4.57 Å². The average Bonchev–Trinajstić information content (AvgIpc) is 3.98. The first-order valence-electron chi connectivity index (χ1n) is 16.9. The Labute approximate surface area is 291 Å². The van der Waals surface area contributed by atoms with Crippen molar-refractivity contribution < 1.29 is 4.74 Å². The van der Waals surface area contributed by atoms with Gasteiger partial charge in [-0.15, -0.1) is 11.3 Å². The molecule has 0 bridgehead atoms. The lowest BCUT2D eigenvalue weighted by molar-refractivity contribution is 0.169. The summed E-state index contributed by atoms with van der Waals surface area (Å²) in [6, 6.07) is 23.6. The molecule has 0 spiro atoms. The van der Waals surface area contributed by atoms with E-state index in [1.165, 1.54) is 0 Å². The molecule has 3 atom stereocenters. The lowest BCUT2D eigenvalue weighted by Gasteiger charge is -2.29. The van der Waals surface area contributed by atoms with Crippen molar-refractivity contribution in [2.45, 2.75) is 44.0 Å². The standard InChI is InChI=1S/C38H33ClN8OS/c39-33-25-16-22(28-18-42-35(44-28)26-8-4-14-40-26)11-13-31(25)47-34(33)24-12-10-23(29-19-43-36(45-29)27-9-5-15-41-27)17-32(24)48-38(47)30-20-49-37(46-30)21-6-2-1-3-7-21/h1-3,6-7,10-13,16-20,26-27,38,40-41H,4-5,8-9,14-15H2,(H,42,44)(H,43,45). The van der Waals surface area contributed by atoms with E-state index in [-0.39, 0.29) is 12.1 Å². The summed E-state index contributed by atoms with van der Waals surface area (Å²) in [5, 5.41) is 11.8. The molecule has 9 nitrogen and oxygen atoms in total. The molecule has 2 saturated heterocycles. The Balaban J connectivity index is 1.09. The number of benzene rings is 3. The largest absolute Gasteiger partial charge is 0.463 e. The molecule has 7 aromatic rings. The monoisotopic (exact) mass is 684 g/mol. The molecule has 2 fully saturated rings. The van der Waals surface area contributed by atoms with Gasteiger partial charge in [-0.2, -0.15) is 0 Å². The maximum atomic E-state index is 7.40. The number of halogens is 1. The number of rotatable bonds is 6. The number of hydrogen-bond donors (Lipinski definition) is 4. The van der Waals surface area contributed by atoms with Gasteiger partial charge in [0.25, 0.3) is 0 Å². The highest BCUT2D eigenvalue weighted by molar-refractivity contribution is 7.13. The minimum absolute atomic E-state index is 0.266. The Bertz CT molecular complexity index is 2330. The summed E-state index contributed by atoms with van der Waals surface area (Å²) >= 11 is 9.02. The zero-order valence-electron chi connectivity index (χ0n) is 26.5. The molecule has 3 aromatic carbocycles. The predicted molar refractivity (Wildman–Crippen MR) is 194 cm³/mol. The van der Waals surface area contributed by atoms with Crippen molar-refractivity contribution in [2.24, 2.45) is 0 Å². The van der Waals surface area contributed by atoms with Crippen LogP contribution in [0.3, 0.4) is 0 Å². The SMILES string of the molecule is Clc1c2n(c3ccc(-c4cnc(C5CCCN5)[nH]4)cc13)C(c1csc(-c3ccccc3)n1)Oc1cc(-c3cnc(C4CCCN4)[nH]3)ccc1-2. The first-order chi connectivity index (χ1) is 24.2. The second-order valence-corrected chi connectivity index (χ2v) is 14.3. The van der Waals surface area contributed by atoms with Gasteiger partial charge in [-0.05, 0) is 63.0 Å². The molecule has 49 heavy (non-hydrogen) atoms. The number of nitrogens with one attached hydrogen (secondary N) is 4. The number of hydrogen-bond acceptors (Lipinski definition) is 7. The van der Waals surface area contributed by atoms with Crippen molar-refractivity contribution in [1.82, 2.24) is 40.1 Å². The van der Waals surface area contributed by atoms with Crippen LogP contribution >= 0.6 is 22.9 Å². The van der Waals surface area contributed by atoms with Crippen LogP contribution in [-0.4, -0.2) is 42.6 Å². The van der Waals surface area contributed by atoms with Crippen molar-refractivity contribution >= 4 is 33.8 Å². The second kappa shape index (κ2) is 11.7. The van der Waals surface area contributed by atoms with E-state index in [0.717, 1.165) is 117 Å². The summed E-state index contributed by atoms with van der Waals surface area (Å²) in [5.41, 5.74) is 8.73. The van der Waals surface area contributed by atoms with Crippen LogP contribution in [0.1, 0.15) is 61.3 Å². The summed E-state index contributed by atoms with van der Waals surface area (Å²) < 4.78 is 9.14. The van der Waals surface area contributed by atoms with E-state index in [9.17, 15) is 0 Å². The zero-order chi connectivity index (χ0) is 32.5. The van der Waals surface area contributed by atoms with Gasteiger partial charge in [-0.25, -0.2) is 15.0 Å². The van der Waals surface area contributed by atoms with Crippen LogP contribution in [0.25, 0.3) is 55.2 Å². The minimum atomic E-state index is -0.514. The van der Waals surface area contributed by atoms with Gasteiger partial charge in [0.1, 0.15) is 28.1 Å². The van der Waals surface area contributed by atoms with Crippen molar-refractivity contribution in [3.8, 4) is 50.1 Å². The Hall–Kier alpha value is -4.74. The van der Waals surface area contributed by atoms with E-state index in [1.807, 2.05) is 30.6 Å². The van der Waals surface area contributed by atoms with Gasteiger partial charge in [0.15, 0.2) is 0 Å². The lowest BCUT2D eigenvalue weighted by Crippen LogP contribution is -2.22. The van der Waals surface area contributed by atoms with Gasteiger partial charge in [0, 0.05) is 33.0 Å². The molecule has 3 aliphatic heterocycles. The minimum Gasteiger partial charge on any atom is -0.463 e. The van der Waals surface area contributed by atoms with Crippen LogP contribution in [0, 0.1) is 0 Å². The van der Waals surface area contributed by atoms with E-state index in [4.69, 9.17) is 31.3 Å². The summed E-state index contributed by atoms with van der Waals surface area (Å²) in [6.07, 6.45) is 7.83. The molecule has 3 unspecified atom stereocenters. The smallest absolute Gasteiger partial charge is 0.220 e. The molecule has 0 amide bonds. The quantitative estimate of drug-likeness (QED) is 0.140. The number of aromatic amines is 2. The molecule has 10 rings (SSSR count). The van der Waals surface area contributed by atoms with Gasteiger partial charge in [0.05, 0.1) is 52.1 Å². The summed E-state index contributed by atoms with van der Waals surface area (Å²) in [5.74, 6) is 2.71. The van der Waals surface area contributed by atoms with Crippen LogP contribution in [0.5, 0.6) is 5.75 Å². The Morgan fingerprint density at radius 1 is 0.796 bits per heavy atom. The number of fused-ring (bicyclic) bond motifs is 5. The van der Waals surface area contributed by atoms with Crippen molar-refractivity contribution in [2.75, 3.05) is 13.1 Å². The summed E-state index contributed by atoms with van der Waals surface area (Å²) in [7, 11) is 0. The fourth-order valence-electron chi connectivity index (χ4n) is 7.55. The highest BCUT2D eigenvalue weighted by Crippen LogP contribution is 2.50. The van der Waals surface area contributed by atoms with Gasteiger partial charge >= 0.3 is 0 Å². The summed E-state index contributed by atoms with van der Waals surface area (Å²) in [4.78, 5) is 21.7. The Morgan fingerprint density at radius 2 is 1.49 bits per heavy atom. The van der Waals surface area contributed by atoms with Crippen molar-refractivity contribution in [3.05, 3.63) is 107 Å². The normalized spacial score (nSPS) is 20.1. The van der Waals surface area contributed by atoms with Crippen molar-refractivity contribution in [3.63, 3.8) is 0 Å². The van der Waals surface area contributed by atoms with Gasteiger partial charge < -0.3 is 25.3 Å². The maximum Gasteiger partial charge on any atom is 0.220 e. The number of thiazole rings is 1. The fraction of sp³-hybridized carbons (Fsp3) is 0.237. The highest BCUT2D eigenvalue weighted by Gasteiger charge is 2.34. The molecule has 0 aliphatic carbocycles. The Kier molecular flexibility index (Phi) is 6.97. The molecule has 0 saturated carbocycles. The lowest BCUT2D eigenvalue weighted by atomic mass is 10.0. The Morgan fingerprint density at radius 3 is 2.18 bits per heavy atom. The molecule has 7 heterocycles. The third-order valence-corrected chi connectivity index (χ3v) is 11.3. The number of imidazole rings is 2. The van der Waals surface area contributed by atoms with E-state index < -0.39 is 6.23 Å². The summed E-state index contributed by atoms with van der Waals surface area (Å²) in [6.45, 7) is 2.05. The van der Waals surface area contributed by atoms with E-state index in [0.29, 0.717) is 5.02 Å². The average molecular weight is 685 g/mol. The third kappa shape index (κ3) is 4.93. The molecule has 3 aliphatic rings. The van der Waals surface area contributed by atoms with E-state index in [2.05, 4.69) is 79.1 Å². The highest BCUT2D eigenvalue weighted by atomic mass is 35.5. The topological polar surface area (TPSA) is 108 Å². The number of H-pyrrole nitrogens is 2. The molecular formula is C38H33ClN8OS. The van der Waals surface area contributed by atoms with Crippen LogP contribution < -0.4 is 15.4 Å². The molecule has 0 radical (unpaired) electrons. The molecule has 11 heteroatoms. The second-order valence-electron chi connectivity index (χ2n) is 13.1. The van der Waals surface area contributed by atoms with Gasteiger partial charge in [0.2, 0.25) is 6.23 Å². The van der Waals surface area contributed by atoms with Gasteiger partial charge in [-0.1, -0.05) is 54.1 Å².